The molecule has 1 heterocycles. The zero-order chi connectivity index (χ0) is 15.7. The molecule has 0 N–H and O–H groups in total. The SMILES string of the molecule is CS(=O)(=O)N1C=C(Br)c2ccccc2C1Cc1ccccc1. The molecule has 0 fully saturated rings. The number of hydrogen-bond acceptors (Lipinski definition) is 2. The first kappa shape index (κ1) is 15.3. The van der Waals surface area contributed by atoms with Crippen LogP contribution in [0, 0.1) is 0 Å². The molecule has 0 aromatic heterocycles. The van der Waals surface area contributed by atoms with Crippen molar-refractivity contribution in [2.75, 3.05) is 6.26 Å². The minimum absolute atomic E-state index is 0.227. The highest BCUT2D eigenvalue weighted by molar-refractivity contribution is 9.15. The van der Waals surface area contributed by atoms with Gasteiger partial charge in [0.25, 0.3) is 0 Å². The van der Waals surface area contributed by atoms with Gasteiger partial charge in [0.2, 0.25) is 10.0 Å². The molecule has 114 valence electrons. The fourth-order valence-electron chi connectivity index (χ4n) is 2.78. The van der Waals surface area contributed by atoms with Crippen molar-refractivity contribution in [3.8, 4) is 0 Å². The van der Waals surface area contributed by atoms with Gasteiger partial charge in [-0.05, 0) is 39.0 Å². The summed E-state index contributed by atoms with van der Waals surface area (Å²) < 4.78 is 26.6. The molecule has 0 bridgehead atoms. The Labute approximate surface area is 139 Å². The smallest absolute Gasteiger partial charge is 0.232 e. The Kier molecular flexibility index (Phi) is 4.10. The Bertz CT molecular complexity index is 816. The van der Waals surface area contributed by atoms with Crippen molar-refractivity contribution in [3.05, 3.63) is 77.5 Å². The summed E-state index contributed by atoms with van der Waals surface area (Å²) in [4.78, 5) is 0. The Morgan fingerprint density at radius 1 is 1.05 bits per heavy atom. The lowest BCUT2D eigenvalue weighted by atomic mass is 9.93. The second-order valence-corrected chi connectivity index (χ2v) is 8.10. The molecular weight excluding hydrogens is 362 g/mol. The molecule has 1 aliphatic rings. The molecule has 3 nitrogen and oxygen atoms in total. The molecule has 0 spiro atoms. The molecule has 1 atom stereocenters. The minimum atomic E-state index is -3.34. The largest absolute Gasteiger partial charge is 0.268 e. The van der Waals surface area contributed by atoms with Crippen molar-refractivity contribution in [2.45, 2.75) is 12.5 Å². The molecule has 0 amide bonds. The van der Waals surface area contributed by atoms with Gasteiger partial charge >= 0.3 is 0 Å². The van der Waals surface area contributed by atoms with Gasteiger partial charge in [0.1, 0.15) is 0 Å². The fourth-order valence-corrected chi connectivity index (χ4v) is 4.44. The van der Waals surface area contributed by atoms with E-state index in [1.165, 1.54) is 10.6 Å². The van der Waals surface area contributed by atoms with Crippen LogP contribution in [0.4, 0.5) is 0 Å². The van der Waals surface area contributed by atoms with Crippen LogP contribution >= 0.6 is 15.9 Å². The van der Waals surface area contributed by atoms with E-state index in [0.717, 1.165) is 21.2 Å². The van der Waals surface area contributed by atoms with Gasteiger partial charge in [0.05, 0.1) is 12.3 Å². The van der Waals surface area contributed by atoms with Crippen LogP contribution in [0.15, 0.2) is 60.8 Å². The maximum atomic E-state index is 12.2. The van der Waals surface area contributed by atoms with Crippen LogP contribution in [0.25, 0.3) is 4.48 Å². The van der Waals surface area contributed by atoms with E-state index in [4.69, 9.17) is 0 Å². The van der Waals surface area contributed by atoms with Gasteiger partial charge in [0, 0.05) is 10.7 Å². The zero-order valence-corrected chi connectivity index (χ0v) is 14.5. The Morgan fingerprint density at radius 3 is 2.36 bits per heavy atom. The highest BCUT2D eigenvalue weighted by Gasteiger charge is 2.31. The van der Waals surface area contributed by atoms with Gasteiger partial charge in [-0.3, -0.25) is 4.31 Å². The second-order valence-electron chi connectivity index (χ2n) is 5.36. The summed E-state index contributed by atoms with van der Waals surface area (Å²) >= 11 is 3.49. The van der Waals surface area contributed by atoms with Crippen molar-refractivity contribution >= 4 is 30.4 Å². The molecule has 2 aromatic rings. The highest BCUT2D eigenvalue weighted by Crippen LogP contribution is 2.40. The summed E-state index contributed by atoms with van der Waals surface area (Å²) in [5, 5.41) is 0. The Balaban J connectivity index is 2.10. The van der Waals surface area contributed by atoms with E-state index in [1.54, 1.807) is 6.20 Å². The van der Waals surface area contributed by atoms with Gasteiger partial charge in [0.15, 0.2) is 0 Å². The summed E-state index contributed by atoms with van der Waals surface area (Å²) in [6, 6.07) is 17.6. The first-order chi connectivity index (χ1) is 10.5. The van der Waals surface area contributed by atoms with Crippen molar-refractivity contribution in [2.24, 2.45) is 0 Å². The molecule has 0 aliphatic carbocycles. The fraction of sp³-hybridized carbons (Fsp3) is 0.176. The molecule has 1 aliphatic heterocycles. The lowest BCUT2D eigenvalue weighted by Gasteiger charge is -2.34. The monoisotopic (exact) mass is 377 g/mol. The lowest BCUT2D eigenvalue weighted by Crippen LogP contribution is -2.33. The molecule has 0 saturated carbocycles. The molecule has 1 unspecified atom stereocenters. The predicted octanol–water partition coefficient (Wildman–Crippen LogP) is 3.94. The average Bonchev–Trinajstić information content (AvgIpc) is 2.50. The molecule has 2 aromatic carbocycles. The summed E-state index contributed by atoms with van der Waals surface area (Å²) in [6.07, 6.45) is 3.56. The number of fused-ring (bicyclic) bond motifs is 1. The van der Waals surface area contributed by atoms with Crippen LogP contribution in [0.5, 0.6) is 0 Å². The highest BCUT2D eigenvalue weighted by atomic mass is 79.9. The van der Waals surface area contributed by atoms with Gasteiger partial charge < -0.3 is 0 Å². The topological polar surface area (TPSA) is 37.4 Å². The lowest BCUT2D eigenvalue weighted by molar-refractivity contribution is 0.404. The minimum Gasteiger partial charge on any atom is -0.268 e. The van der Waals surface area contributed by atoms with E-state index in [2.05, 4.69) is 15.9 Å². The quantitative estimate of drug-likeness (QED) is 0.812. The van der Waals surface area contributed by atoms with Crippen LogP contribution < -0.4 is 0 Å². The zero-order valence-electron chi connectivity index (χ0n) is 12.1. The summed E-state index contributed by atoms with van der Waals surface area (Å²) in [5.41, 5.74) is 3.18. The third kappa shape index (κ3) is 2.96. The Morgan fingerprint density at radius 2 is 1.68 bits per heavy atom. The third-order valence-electron chi connectivity index (χ3n) is 3.78. The van der Waals surface area contributed by atoms with Crippen LogP contribution in [-0.2, 0) is 16.4 Å². The van der Waals surface area contributed by atoms with E-state index in [0.29, 0.717) is 6.42 Å². The maximum Gasteiger partial charge on any atom is 0.232 e. The van der Waals surface area contributed by atoms with Gasteiger partial charge in [-0.2, -0.15) is 0 Å². The maximum absolute atomic E-state index is 12.2. The van der Waals surface area contributed by atoms with Crippen LogP contribution in [0.1, 0.15) is 22.7 Å². The number of halogens is 1. The first-order valence-corrected chi connectivity index (χ1v) is 9.60. The van der Waals surface area contributed by atoms with E-state index in [-0.39, 0.29) is 6.04 Å². The predicted molar refractivity (Wildman–Crippen MR) is 92.9 cm³/mol. The number of sulfonamides is 1. The van der Waals surface area contributed by atoms with E-state index in [9.17, 15) is 8.42 Å². The van der Waals surface area contributed by atoms with Gasteiger partial charge in [-0.25, -0.2) is 8.42 Å². The van der Waals surface area contributed by atoms with Gasteiger partial charge in [-0.1, -0.05) is 54.6 Å². The molecule has 22 heavy (non-hydrogen) atoms. The van der Waals surface area contributed by atoms with E-state index in [1.807, 2.05) is 54.6 Å². The van der Waals surface area contributed by atoms with Crippen molar-refractivity contribution in [1.82, 2.24) is 4.31 Å². The summed E-state index contributed by atoms with van der Waals surface area (Å²) in [6.45, 7) is 0. The summed E-state index contributed by atoms with van der Waals surface area (Å²) in [5.74, 6) is 0. The number of benzene rings is 2. The number of nitrogens with zero attached hydrogens (tertiary/aromatic N) is 1. The van der Waals surface area contributed by atoms with Crippen LogP contribution in [0.3, 0.4) is 0 Å². The summed E-state index contributed by atoms with van der Waals surface area (Å²) in [7, 11) is -3.34. The van der Waals surface area contributed by atoms with Crippen molar-refractivity contribution < 1.29 is 8.42 Å². The van der Waals surface area contributed by atoms with Gasteiger partial charge in [-0.15, -0.1) is 0 Å². The Hall–Kier alpha value is -1.59. The van der Waals surface area contributed by atoms with E-state index >= 15 is 0 Å². The average molecular weight is 378 g/mol. The number of rotatable bonds is 3. The van der Waals surface area contributed by atoms with Crippen molar-refractivity contribution in [3.63, 3.8) is 0 Å². The molecule has 0 saturated heterocycles. The van der Waals surface area contributed by atoms with Crippen LogP contribution in [0.2, 0.25) is 0 Å². The standard InChI is InChI=1S/C17H16BrNO2S/c1-22(20,21)19-12-16(18)14-9-5-6-10-15(14)17(19)11-13-7-3-2-4-8-13/h2-10,12,17H,11H2,1H3. The van der Waals surface area contributed by atoms with E-state index < -0.39 is 10.0 Å². The molecule has 5 heteroatoms. The molecule has 0 radical (unpaired) electrons. The normalized spacial score (nSPS) is 17.8. The molecular formula is C17H16BrNO2S. The van der Waals surface area contributed by atoms with Crippen LogP contribution in [-0.4, -0.2) is 19.0 Å². The first-order valence-electron chi connectivity index (χ1n) is 6.96. The van der Waals surface area contributed by atoms with Crippen molar-refractivity contribution in [1.29, 1.82) is 0 Å². The third-order valence-corrected chi connectivity index (χ3v) is 5.54. The molecule has 3 rings (SSSR count). The number of hydrogen-bond donors (Lipinski definition) is 0. The second kappa shape index (κ2) is 5.89.